The van der Waals surface area contributed by atoms with Crippen LogP contribution in [0.15, 0.2) is 18.2 Å². The molecular formula is C37H38ClF3N6O4S. The van der Waals surface area contributed by atoms with Crippen LogP contribution in [-0.4, -0.2) is 83.3 Å². The molecule has 0 saturated carbocycles. The van der Waals surface area contributed by atoms with Crippen LogP contribution in [0.1, 0.15) is 64.9 Å². The lowest BCUT2D eigenvalue weighted by Gasteiger charge is -2.48. The quantitative estimate of drug-likeness (QED) is 0.208. The fourth-order valence-electron chi connectivity index (χ4n) is 8.32. The van der Waals surface area contributed by atoms with Crippen LogP contribution in [0.3, 0.4) is 0 Å². The third kappa shape index (κ3) is 6.09. The Morgan fingerprint density at radius 1 is 1.21 bits per heavy atom. The van der Waals surface area contributed by atoms with E-state index in [4.69, 9.17) is 30.8 Å². The maximum atomic E-state index is 17.3. The van der Waals surface area contributed by atoms with Gasteiger partial charge in [-0.25, -0.2) is 18.0 Å². The van der Waals surface area contributed by atoms with Gasteiger partial charge in [-0.3, -0.25) is 10.2 Å². The van der Waals surface area contributed by atoms with Gasteiger partial charge >= 0.3 is 12.1 Å². The number of halogens is 4. The van der Waals surface area contributed by atoms with Crippen LogP contribution in [0.5, 0.6) is 6.01 Å². The summed E-state index contributed by atoms with van der Waals surface area (Å²) in [5.74, 6) is -1.02. The summed E-state index contributed by atoms with van der Waals surface area (Å²) in [5, 5.41) is 13.3. The first-order valence-corrected chi connectivity index (χ1v) is 18.7. The number of hydrogen-bond donors (Lipinski definition) is 1. The van der Waals surface area contributed by atoms with Gasteiger partial charge in [0, 0.05) is 48.8 Å². The van der Waals surface area contributed by atoms with Gasteiger partial charge in [-0.05, 0) is 70.7 Å². The second-order valence-electron chi connectivity index (χ2n) is 15.3. The Kier molecular flexibility index (Phi) is 8.72. The van der Waals surface area contributed by atoms with Gasteiger partial charge in [0.25, 0.3) is 0 Å². The van der Waals surface area contributed by atoms with Crippen molar-refractivity contribution in [3.63, 3.8) is 0 Å². The van der Waals surface area contributed by atoms with Crippen molar-refractivity contribution in [2.24, 2.45) is 0 Å². The Labute approximate surface area is 307 Å². The predicted octanol–water partition coefficient (Wildman–Crippen LogP) is 8.38. The van der Waals surface area contributed by atoms with E-state index in [2.05, 4.69) is 26.2 Å². The number of nitrogens with zero attached hydrogens (tertiary/aromatic N) is 5. The number of ether oxygens (including phenoxy) is 3. The number of alkyl halides is 1. The lowest BCUT2D eigenvalue weighted by atomic mass is 9.86. The number of hydrogen-bond acceptors (Lipinski definition) is 10. The number of benzene rings is 2. The number of rotatable bonds is 6. The smallest absolute Gasteiger partial charge is 0.412 e. The molecule has 2 aromatic heterocycles. The molecule has 4 fully saturated rings. The predicted molar refractivity (Wildman–Crippen MR) is 193 cm³/mol. The third-order valence-electron chi connectivity index (χ3n) is 10.7. The molecule has 0 aliphatic carbocycles. The van der Waals surface area contributed by atoms with Gasteiger partial charge in [0.15, 0.2) is 5.82 Å². The molecule has 1 unspecified atom stereocenters. The van der Waals surface area contributed by atoms with E-state index in [1.54, 1.807) is 26.8 Å². The molecule has 4 saturated heterocycles. The minimum atomic E-state index is -0.950. The van der Waals surface area contributed by atoms with Crippen LogP contribution in [0.25, 0.3) is 32.1 Å². The fourth-order valence-corrected chi connectivity index (χ4v) is 9.68. The number of carbonyl (C=O) groups excluding carboxylic acids is 1. The molecule has 0 radical (unpaired) electrons. The molecule has 3 atom stereocenters. The molecule has 1 spiro atoms. The molecule has 4 aromatic rings. The molecule has 8 rings (SSSR count). The van der Waals surface area contributed by atoms with E-state index in [1.807, 2.05) is 0 Å². The van der Waals surface area contributed by atoms with E-state index in [0.29, 0.717) is 43.9 Å². The molecule has 4 aliphatic rings. The van der Waals surface area contributed by atoms with Crippen molar-refractivity contribution in [1.29, 1.82) is 5.26 Å². The Morgan fingerprint density at radius 3 is 2.73 bits per heavy atom. The zero-order valence-corrected chi connectivity index (χ0v) is 30.7. The van der Waals surface area contributed by atoms with Crippen molar-refractivity contribution in [1.82, 2.24) is 14.9 Å². The van der Waals surface area contributed by atoms with Gasteiger partial charge in [0.2, 0.25) is 0 Å². The molecule has 6 heterocycles. The summed E-state index contributed by atoms with van der Waals surface area (Å²) in [5.41, 5.74) is -1.69. The van der Waals surface area contributed by atoms with Crippen LogP contribution in [0, 0.1) is 23.0 Å². The number of aromatic nitrogens is 2. The number of fused-ring (bicyclic) bond motifs is 3. The van der Waals surface area contributed by atoms with Crippen molar-refractivity contribution in [2.75, 3.05) is 49.6 Å². The molecule has 1 amide bonds. The number of amides is 1. The normalized spacial score (nSPS) is 24.7. The summed E-state index contributed by atoms with van der Waals surface area (Å²) < 4.78 is 64.9. The van der Waals surface area contributed by atoms with Gasteiger partial charge < -0.3 is 19.1 Å². The lowest BCUT2D eigenvalue weighted by molar-refractivity contribution is -0.151. The van der Waals surface area contributed by atoms with Gasteiger partial charge in [0.1, 0.15) is 46.6 Å². The number of carbonyl (C=O) groups is 1. The molecule has 1 N–H and O–H groups in total. The number of nitriles is 1. The zero-order chi connectivity index (χ0) is 36.6. The summed E-state index contributed by atoms with van der Waals surface area (Å²) in [6, 6.07) is 6.13. The zero-order valence-electron chi connectivity index (χ0n) is 29.1. The summed E-state index contributed by atoms with van der Waals surface area (Å²) >= 11 is 7.78. The summed E-state index contributed by atoms with van der Waals surface area (Å²) in [7, 11) is 0. The molecule has 52 heavy (non-hydrogen) atoms. The number of piperidine rings is 1. The second kappa shape index (κ2) is 12.9. The van der Waals surface area contributed by atoms with Crippen LogP contribution in [-0.2, 0) is 9.47 Å². The minimum absolute atomic E-state index is 0.000198. The van der Waals surface area contributed by atoms with E-state index in [1.165, 1.54) is 12.1 Å². The maximum absolute atomic E-state index is 17.3. The van der Waals surface area contributed by atoms with Gasteiger partial charge in [-0.15, -0.1) is 11.3 Å². The Balaban J connectivity index is 1.26. The SMILES string of the molecule is CC(C)(C)OC(=O)Nc1sc2c(F)ccc(-c3c(Cl)cc4c(N5CCCC6(CCO6)C5)nc(OC[C@@]56CCCN5C[C@H](F)C6)nc4c3F)c2c1C#N. The molecule has 10 nitrogen and oxygen atoms in total. The lowest BCUT2D eigenvalue weighted by Crippen LogP contribution is -2.56. The fraction of sp³-hybridized carbons (Fsp3) is 0.514. The molecule has 15 heteroatoms. The van der Waals surface area contributed by atoms with Gasteiger partial charge in [-0.2, -0.15) is 15.2 Å². The van der Waals surface area contributed by atoms with Crippen LogP contribution in [0.4, 0.5) is 28.8 Å². The highest BCUT2D eigenvalue weighted by Gasteiger charge is 2.49. The Hall–Kier alpha value is -3.90. The van der Waals surface area contributed by atoms with E-state index in [0.717, 1.165) is 50.0 Å². The summed E-state index contributed by atoms with van der Waals surface area (Å²) in [6.07, 6.45) is 2.94. The average Bonchev–Trinajstić information content (AvgIpc) is 3.73. The summed E-state index contributed by atoms with van der Waals surface area (Å²) in [6.45, 7) is 8.24. The molecule has 274 valence electrons. The molecule has 0 bridgehead atoms. The maximum Gasteiger partial charge on any atom is 0.412 e. The average molecular weight is 755 g/mol. The molecular weight excluding hydrogens is 717 g/mol. The Bertz CT molecular complexity index is 2150. The molecule has 2 aromatic carbocycles. The topological polar surface area (TPSA) is 113 Å². The number of anilines is 2. The van der Waals surface area contributed by atoms with Crippen LogP contribution in [0.2, 0.25) is 5.02 Å². The van der Waals surface area contributed by atoms with E-state index >= 15 is 8.78 Å². The molecule has 4 aliphatic heterocycles. The largest absolute Gasteiger partial charge is 0.461 e. The first kappa shape index (κ1) is 35.1. The van der Waals surface area contributed by atoms with E-state index in [-0.39, 0.29) is 60.5 Å². The first-order chi connectivity index (χ1) is 24.8. The first-order valence-electron chi connectivity index (χ1n) is 17.5. The van der Waals surface area contributed by atoms with Crippen LogP contribution >= 0.6 is 22.9 Å². The number of nitrogens with one attached hydrogen (secondary N) is 1. The monoisotopic (exact) mass is 754 g/mol. The highest BCUT2D eigenvalue weighted by atomic mass is 35.5. The highest BCUT2D eigenvalue weighted by Crippen LogP contribution is 2.48. The highest BCUT2D eigenvalue weighted by molar-refractivity contribution is 7.23. The van der Waals surface area contributed by atoms with Crippen molar-refractivity contribution in [3.05, 3.63) is 40.4 Å². The van der Waals surface area contributed by atoms with Crippen LogP contribution < -0.4 is 15.0 Å². The van der Waals surface area contributed by atoms with Crippen molar-refractivity contribution in [2.45, 2.75) is 82.2 Å². The van der Waals surface area contributed by atoms with Crippen molar-refractivity contribution < 1.29 is 32.2 Å². The van der Waals surface area contributed by atoms with Crippen molar-refractivity contribution in [3.8, 4) is 23.2 Å². The van der Waals surface area contributed by atoms with Gasteiger partial charge in [0.05, 0.1) is 33.0 Å². The second-order valence-corrected chi connectivity index (χ2v) is 16.7. The van der Waals surface area contributed by atoms with E-state index < -0.39 is 35.0 Å². The van der Waals surface area contributed by atoms with Gasteiger partial charge in [-0.1, -0.05) is 17.7 Å². The number of thiophene rings is 1. The summed E-state index contributed by atoms with van der Waals surface area (Å²) in [4.78, 5) is 26.3. The third-order valence-corrected chi connectivity index (χ3v) is 12.1. The van der Waals surface area contributed by atoms with Crippen molar-refractivity contribution >= 4 is 60.8 Å². The Morgan fingerprint density at radius 2 is 2.00 bits per heavy atom. The standard InChI is InChI=1S/C37H38ClF3N6O4S/c1-35(2,3)51-34(48)45-32-23(16-42)26-21(6-7-25(40)30(26)52-32)27-24(38)14-22-29(28(27)41)43-33(49-19-36-8-4-12-47(36)17-20(39)15-36)44-31(22)46-11-5-9-37(18-46)10-13-50-37/h6-7,14,20H,4-5,8-13,15,17-19H2,1-3H3,(H,45,48)/t20-,36+,37?/m1/s1. The minimum Gasteiger partial charge on any atom is -0.461 e. The van der Waals surface area contributed by atoms with E-state index in [9.17, 15) is 14.4 Å².